The molecule has 6 rings (SSSR count). The zero-order valence-electron chi connectivity index (χ0n) is 25.4. The third kappa shape index (κ3) is 4.78. The Balaban J connectivity index is 1.41. The van der Waals surface area contributed by atoms with E-state index >= 15 is 0 Å². The normalized spacial score (nSPS) is 19.4. The van der Waals surface area contributed by atoms with E-state index < -0.39 is 0 Å². The van der Waals surface area contributed by atoms with Crippen LogP contribution in [-0.2, 0) is 17.3 Å². The molecule has 2 aliphatic rings. The van der Waals surface area contributed by atoms with E-state index in [1.54, 1.807) is 5.56 Å². The topological polar surface area (TPSA) is 3.24 Å². The van der Waals surface area contributed by atoms with Crippen LogP contribution in [0.4, 0.5) is 5.69 Å². The van der Waals surface area contributed by atoms with Crippen LogP contribution in [0.15, 0.2) is 84.9 Å². The van der Waals surface area contributed by atoms with Crippen molar-refractivity contribution in [3.05, 3.63) is 102 Å². The molecule has 1 heteroatoms. The van der Waals surface area contributed by atoms with Crippen LogP contribution in [0, 0.1) is 0 Å². The summed E-state index contributed by atoms with van der Waals surface area (Å²) in [6.07, 6.45) is 7.55. The first-order valence-corrected chi connectivity index (χ1v) is 15.5. The molecule has 4 aromatic rings. The predicted octanol–water partition coefficient (Wildman–Crippen LogP) is 10.6. The Hall–Kier alpha value is -3.32. The smallest absolute Gasteiger partial charge is 0.0411 e. The van der Waals surface area contributed by atoms with E-state index in [1.807, 2.05) is 0 Å². The van der Waals surface area contributed by atoms with Crippen LogP contribution in [0.3, 0.4) is 0 Å². The highest BCUT2D eigenvalue weighted by atomic mass is 15.2. The van der Waals surface area contributed by atoms with Crippen molar-refractivity contribution in [3.8, 4) is 33.4 Å². The van der Waals surface area contributed by atoms with Crippen LogP contribution >= 0.6 is 0 Å². The van der Waals surface area contributed by atoms with Crippen molar-refractivity contribution in [1.29, 1.82) is 0 Å². The minimum Gasteiger partial charge on any atom is -0.370 e. The highest BCUT2D eigenvalue weighted by Gasteiger charge is 2.61. The van der Waals surface area contributed by atoms with Gasteiger partial charge in [0.15, 0.2) is 0 Å². The fourth-order valence-electron chi connectivity index (χ4n) is 6.98. The second-order valence-electron chi connectivity index (χ2n) is 13.4. The first kappa shape index (κ1) is 26.9. The first-order valence-electron chi connectivity index (χ1n) is 15.5. The fourth-order valence-corrected chi connectivity index (χ4v) is 6.98. The number of unbranched alkanes of at least 4 members (excludes halogenated alkanes) is 2. The summed E-state index contributed by atoms with van der Waals surface area (Å²) < 4.78 is 0. The lowest BCUT2D eigenvalue weighted by Gasteiger charge is -2.20. The van der Waals surface area contributed by atoms with Gasteiger partial charge in [0.25, 0.3) is 0 Å². The Bertz CT molecular complexity index is 1500. The monoisotopic (exact) mass is 527 g/mol. The fraction of sp³-hybridized carbons (Fsp3) is 0.385. The number of fused-ring (bicyclic) bond motifs is 3. The molecule has 1 aliphatic carbocycles. The van der Waals surface area contributed by atoms with Gasteiger partial charge in [0.1, 0.15) is 0 Å². The van der Waals surface area contributed by atoms with Gasteiger partial charge < -0.3 is 4.90 Å². The highest BCUT2D eigenvalue weighted by Crippen LogP contribution is 2.62. The van der Waals surface area contributed by atoms with Crippen LogP contribution in [-0.4, -0.2) is 13.1 Å². The molecule has 2 atom stereocenters. The van der Waals surface area contributed by atoms with Crippen molar-refractivity contribution in [3.63, 3.8) is 0 Å². The van der Waals surface area contributed by atoms with Gasteiger partial charge in [-0.1, -0.05) is 108 Å². The number of anilines is 1. The maximum absolute atomic E-state index is 2.54. The summed E-state index contributed by atoms with van der Waals surface area (Å²) in [6.45, 7) is 11.5. The van der Waals surface area contributed by atoms with Gasteiger partial charge in [0.2, 0.25) is 0 Å². The summed E-state index contributed by atoms with van der Waals surface area (Å²) in [5.41, 5.74) is 14.1. The minimum atomic E-state index is 0.150. The predicted molar refractivity (Wildman–Crippen MR) is 173 cm³/mol. The molecule has 0 saturated heterocycles. The largest absolute Gasteiger partial charge is 0.370 e. The molecule has 0 amide bonds. The van der Waals surface area contributed by atoms with Gasteiger partial charge in [-0.25, -0.2) is 0 Å². The lowest BCUT2D eigenvalue weighted by atomic mass is 9.85. The standard InChI is InChI=1S/C39H45N/c1-7-9-10-11-27-12-14-28(15-13-27)31-22-32(29-16-19-34(20-17-29)38(3,4)5)24-33(23-31)30-18-21-35-36(25-30)40(6)37-26-39(35,37)8-2/h12-25,37H,7-11,26H2,1-6H3. The lowest BCUT2D eigenvalue weighted by Crippen LogP contribution is -2.18. The Morgan fingerprint density at radius 2 is 1.27 bits per heavy atom. The molecule has 0 N–H and O–H groups in total. The van der Waals surface area contributed by atoms with Crippen LogP contribution in [0.1, 0.15) is 83.4 Å². The number of rotatable bonds is 8. The second-order valence-corrected chi connectivity index (χ2v) is 13.4. The van der Waals surface area contributed by atoms with Crippen LogP contribution in [0.2, 0.25) is 0 Å². The molecule has 1 aliphatic heterocycles. The zero-order valence-corrected chi connectivity index (χ0v) is 25.4. The van der Waals surface area contributed by atoms with Gasteiger partial charge in [0.05, 0.1) is 0 Å². The number of benzene rings is 4. The van der Waals surface area contributed by atoms with E-state index in [-0.39, 0.29) is 5.41 Å². The summed E-state index contributed by atoms with van der Waals surface area (Å²) in [6, 6.07) is 33.6. The maximum atomic E-state index is 2.54. The zero-order chi connectivity index (χ0) is 28.1. The van der Waals surface area contributed by atoms with E-state index in [2.05, 4.69) is 131 Å². The molecule has 1 saturated carbocycles. The molecule has 0 spiro atoms. The molecular weight excluding hydrogens is 482 g/mol. The van der Waals surface area contributed by atoms with Gasteiger partial charge in [-0.15, -0.1) is 0 Å². The van der Waals surface area contributed by atoms with Crippen LogP contribution < -0.4 is 4.90 Å². The van der Waals surface area contributed by atoms with Crippen LogP contribution in [0.5, 0.6) is 0 Å². The van der Waals surface area contributed by atoms with Crippen LogP contribution in [0.25, 0.3) is 33.4 Å². The number of likely N-dealkylation sites (N-methyl/N-ethyl adjacent to an activating group) is 1. The summed E-state index contributed by atoms with van der Waals surface area (Å²) >= 11 is 0. The van der Waals surface area contributed by atoms with Gasteiger partial charge in [-0.05, 0) is 105 Å². The van der Waals surface area contributed by atoms with Crippen molar-refractivity contribution in [2.75, 3.05) is 11.9 Å². The average molecular weight is 528 g/mol. The lowest BCUT2D eigenvalue weighted by molar-refractivity contribution is 0.590. The first-order chi connectivity index (χ1) is 19.2. The molecular formula is C39H45N. The van der Waals surface area contributed by atoms with Crippen molar-refractivity contribution in [2.24, 2.45) is 0 Å². The van der Waals surface area contributed by atoms with E-state index in [9.17, 15) is 0 Å². The molecule has 0 aromatic heterocycles. The summed E-state index contributed by atoms with van der Waals surface area (Å²) in [4.78, 5) is 2.54. The Kier molecular flexibility index (Phi) is 6.89. The average Bonchev–Trinajstić information content (AvgIpc) is 3.67. The number of hydrogen-bond donors (Lipinski definition) is 0. The second kappa shape index (κ2) is 10.3. The van der Waals surface area contributed by atoms with Crippen molar-refractivity contribution in [2.45, 2.75) is 90.0 Å². The van der Waals surface area contributed by atoms with Gasteiger partial charge in [-0.2, -0.15) is 0 Å². The quantitative estimate of drug-likeness (QED) is 0.206. The number of hydrogen-bond acceptors (Lipinski definition) is 1. The third-order valence-corrected chi connectivity index (χ3v) is 9.75. The van der Waals surface area contributed by atoms with E-state index in [0.29, 0.717) is 11.5 Å². The molecule has 1 heterocycles. The van der Waals surface area contributed by atoms with E-state index in [4.69, 9.17) is 0 Å². The summed E-state index contributed by atoms with van der Waals surface area (Å²) in [5.74, 6) is 0. The Labute approximate surface area is 242 Å². The van der Waals surface area contributed by atoms with E-state index in [0.717, 1.165) is 0 Å². The maximum Gasteiger partial charge on any atom is 0.0411 e. The van der Waals surface area contributed by atoms with Gasteiger partial charge in [0, 0.05) is 24.2 Å². The SMILES string of the molecule is CCCCCc1ccc(-c2cc(-c3ccc(C(C)(C)C)cc3)cc(-c3ccc4c(c3)N(C)C3CC43CC)c2)cc1. The van der Waals surface area contributed by atoms with Crippen molar-refractivity contribution in [1.82, 2.24) is 0 Å². The number of aryl methyl sites for hydroxylation is 1. The summed E-state index contributed by atoms with van der Waals surface area (Å²) in [5, 5.41) is 0. The molecule has 0 radical (unpaired) electrons. The van der Waals surface area contributed by atoms with Gasteiger partial charge in [-0.3, -0.25) is 0 Å². The molecule has 40 heavy (non-hydrogen) atoms. The molecule has 206 valence electrons. The van der Waals surface area contributed by atoms with E-state index in [1.165, 1.54) is 88.7 Å². The molecule has 2 unspecified atom stereocenters. The highest BCUT2D eigenvalue weighted by molar-refractivity contribution is 5.84. The van der Waals surface area contributed by atoms with Crippen molar-refractivity contribution >= 4 is 5.69 Å². The number of nitrogens with zero attached hydrogens (tertiary/aromatic N) is 1. The molecule has 1 nitrogen and oxygen atoms in total. The minimum absolute atomic E-state index is 0.150. The molecule has 1 fully saturated rings. The Morgan fingerprint density at radius 1 is 0.700 bits per heavy atom. The molecule has 0 bridgehead atoms. The third-order valence-electron chi connectivity index (χ3n) is 9.75. The summed E-state index contributed by atoms with van der Waals surface area (Å²) in [7, 11) is 2.29. The molecule has 4 aromatic carbocycles. The Morgan fingerprint density at radius 3 is 1.85 bits per heavy atom. The van der Waals surface area contributed by atoms with Crippen molar-refractivity contribution < 1.29 is 0 Å². The van der Waals surface area contributed by atoms with Gasteiger partial charge >= 0.3 is 0 Å².